The lowest BCUT2D eigenvalue weighted by molar-refractivity contribution is -0.904. The number of likely N-dealkylation sites (N-methyl/N-ethyl adjacent to an activating group) is 1. The molecule has 7 heteroatoms. The molecule has 0 atom stereocenters. The molecule has 2 N–H and O–H groups in total. The molecule has 0 heterocycles. The van der Waals surface area contributed by atoms with Crippen molar-refractivity contribution in [2.75, 3.05) is 39.8 Å². The van der Waals surface area contributed by atoms with Crippen molar-refractivity contribution in [2.45, 2.75) is 20.8 Å². The Balaban J connectivity index is 0. The molecule has 100 valence electrons. The van der Waals surface area contributed by atoms with Crippen LogP contribution in [0.25, 0.3) is 0 Å². The van der Waals surface area contributed by atoms with Gasteiger partial charge >= 0.3 is 0 Å². The lowest BCUT2D eigenvalue weighted by Crippen LogP contribution is -2.46. The van der Waals surface area contributed by atoms with Crippen LogP contribution in [0.15, 0.2) is 0 Å². The summed E-state index contributed by atoms with van der Waals surface area (Å²) in [7, 11) is -2.18. The van der Waals surface area contributed by atoms with Crippen LogP contribution in [-0.4, -0.2) is 57.3 Å². The molecule has 0 aliphatic carbocycles. The molecular formula is C9H24N2O4S. The van der Waals surface area contributed by atoms with E-state index in [9.17, 15) is 13.0 Å². The fraction of sp³-hybridized carbons (Fsp3) is 1.00. The fourth-order valence-electron chi connectivity index (χ4n) is 0.996. The van der Waals surface area contributed by atoms with Crippen molar-refractivity contribution in [1.82, 2.24) is 0 Å². The number of quaternary nitrogens is 1. The van der Waals surface area contributed by atoms with Gasteiger partial charge in [0.1, 0.15) is 0 Å². The first-order valence-electron chi connectivity index (χ1n) is 5.38. The van der Waals surface area contributed by atoms with E-state index in [0.29, 0.717) is 0 Å². The minimum Gasteiger partial charge on any atom is -0.726 e. The molecule has 0 rings (SSSR count). The highest BCUT2D eigenvalue weighted by atomic mass is 32.3. The summed E-state index contributed by atoms with van der Waals surface area (Å²) in [6.07, 6.45) is 0. The van der Waals surface area contributed by atoms with Crippen molar-refractivity contribution in [3.63, 3.8) is 0 Å². The zero-order valence-electron chi connectivity index (χ0n) is 10.6. The van der Waals surface area contributed by atoms with Gasteiger partial charge in [0.25, 0.3) is 0 Å². The Bertz CT molecular complexity index is 250. The van der Waals surface area contributed by atoms with Crippen LogP contribution >= 0.6 is 0 Å². The van der Waals surface area contributed by atoms with Crippen LogP contribution in [0.4, 0.5) is 0 Å². The van der Waals surface area contributed by atoms with Crippen LogP contribution in [0.5, 0.6) is 0 Å². The van der Waals surface area contributed by atoms with E-state index in [-0.39, 0.29) is 6.61 Å². The van der Waals surface area contributed by atoms with Gasteiger partial charge in [-0.25, -0.2) is 8.42 Å². The zero-order chi connectivity index (χ0) is 13.2. The lowest BCUT2D eigenvalue weighted by Gasteiger charge is -2.31. The highest BCUT2D eigenvalue weighted by Crippen LogP contribution is 1.97. The molecule has 0 aromatic carbocycles. The fourth-order valence-corrected chi connectivity index (χ4v) is 1.28. The molecule has 0 saturated heterocycles. The third-order valence-corrected chi connectivity index (χ3v) is 2.98. The highest BCUT2D eigenvalue weighted by Gasteiger charge is 2.13. The zero-order valence-corrected chi connectivity index (χ0v) is 11.4. The molecule has 0 fully saturated rings. The molecule has 0 unspecified atom stereocenters. The Kier molecular flexibility index (Phi) is 10.1. The minimum absolute atomic E-state index is 0.0914. The van der Waals surface area contributed by atoms with Crippen molar-refractivity contribution in [3.05, 3.63) is 0 Å². The Labute approximate surface area is 98.9 Å². The second kappa shape index (κ2) is 8.89. The highest BCUT2D eigenvalue weighted by molar-refractivity contribution is 7.80. The van der Waals surface area contributed by atoms with Gasteiger partial charge in [-0.1, -0.05) is 0 Å². The summed E-state index contributed by atoms with van der Waals surface area (Å²) < 4.78 is 33.1. The maximum atomic E-state index is 9.45. The quantitative estimate of drug-likeness (QED) is 0.407. The molecule has 6 nitrogen and oxygen atoms in total. The maximum absolute atomic E-state index is 9.45. The van der Waals surface area contributed by atoms with Gasteiger partial charge in [0.15, 0.2) is 0 Å². The van der Waals surface area contributed by atoms with E-state index in [1.807, 2.05) is 0 Å². The van der Waals surface area contributed by atoms with Crippen LogP contribution in [0.2, 0.25) is 0 Å². The summed E-state index contributed by atoms with van der Waals surface area (Å²) in [5.41, 5.74) is 5.45. The summed E-state index contributed by atoms with van der Waals surface area (Å²) >= 11 is 0. The molecule has 16 heavy (non-hydrogen) atoms. The van der Waals surface area contributed by atoms with E-state index in [0.717, 1.165) is 17.6 Å². The van der Waals surface area contributed by atoms with Gasteiger partial charge in [-0.3, -0.25) is 4.18 Å². The first kappa shape index (κ1) is 18.2. The second-order valence-electron chi connectivity index (χ2n) is 3.58. The van der Waals surface area contributed by atoms with Gasteiger partial charge < -0.3 is 14.8 Å². The molecule has 0 aliphatic heterocycles. The first-order chi connectivity index (χ1) is 7.24. The van der Waals surface area contributed by atoms with E-state index in [1.165, 1.54) is 20.0 Å². The summed E-state index contributed by atoms with van der Waals surface area (Å²) in [5, 5.41) is 0. The van der Waals surface area contributed by atoms with Gasteiger partial charge in [-0.05, 0) is 20.8 Å². The molecular weight excluding hydrogens is 232 g/mol. The molecule has 0 radical (unpaired) electrons. The maximum Gasteiger partial charge on any atom is 0.217 e. The standard InChI is InChI=1S/C7H19N2.C2H6O4S/c1-4-9(3,5-2)7-6-8;1-2-6-7(3,4)5/h4-8H2,1-3H3;2H2,1H3,(H,3,4,5)/q+1;/p-1. The summed E-state index contributed by atoms with van der Waals surface area (Å²) in [5.74, 6) is 0. The van der Waals surface area contributed by atoms with E-state index in [4.69, 9.17) is 5.73 Å². The van der Waals surface area contributed by atoms with Crippen LogP contribution in [-0.2, 0) is 14.6 Å². The topological polar surface area (TPSA) is 92.5 Å². The Morgan fingerprint density at radius 1 is 1.25 bits per heavy atom. The van der Waals surface area contributed by atoms with Crippen molar-refractivity contribution in [2.24, 2.45) is 5.73 Å². The molecule has 0 aliphatic rings. The summed E-state index contributed by atoms with van der Waals surface area (Å²) in [6.45, 7) is 10.0. The number of hydrogen-bond donors (Lipinski definition) is 1. The molecule has 0 aromatic rings. The molecule has 0 spiro atoms. The largest absolute Gasteiger partial charge is 0.726 e. The SMILES string of the molecule is CCOS(=O)(=O)[O-].CC[N+](C)(CC)CCN. The van der Waals surface area contributed by atoms with Crippen molar-refractivity contribution >= 4 is 10.4 Å². The van der Waals surface area contributed by atoms with Gasteiger partial charge in [-0.15, -0.1) is 0 Å². The van der Waals surface area contributed by atoms with Gasteiger partial charge in [0, 0.05) is 6.54 Å². The Hall–Kier alpha value is -0.210. The summed E-state index contributed by atoms with van der Waals surface area (Å²) in [6, 6.07) is 0. The number of nitrogens with two attached hydrogens (primary N) is 1. The van der Waals surface area contributed by atoms with Crippen LogP contribution in [0.3, 0.4) is 0 Å². The predicted molar refractivity (Wildman–Crippen MR) is 62.5 cm³/mol. The van der Waals surface area contributed by atoms with Crippen LogP contribution < -0.4 is 5.73 Å². The van der Waals surface area contributed by atoms with Crippen molar-refractivity contribution < 1.29 is 21.6 Å². The molecule has 0 saturated carbocycles. The third-order valence-electron chi connectivity index (χ3n) is 2.46. The molecule has 0 aromatic heterocycles. The minimum atomic E-state index is -4.42. The monoisotopic (exact) mass is 256 g/mol. The number of nitrogens with zero attached hydrogens (tertiary/aromatic N) is 1. The lowest BCUT2D eigenvalue weighted by atomic mass is 10.4. The van der Waals surface area contributed by atoms with Crippen LogP contribution in [0.1, 0.15) is 20.8 Å². The normalized spacial score (nSPS) is 11.9. The predicted octanol–water partition coefficient (Wildman–Crippen LogP) is -0.0854. The van der Waals surface area contributed by atoms with E-state index in [2.05, 4.69) is 25.1 Å². The molecule has 0 amide bonds. The number of rotatable bonds is 6. The summed E-state index contributed by atoms with van der Waals surface area (Å²) in [4.78, 5) is 0. The third kappa shape index (κ3) is 11.9. The van der Waals surface area contributed by atoms with Gasteiger partial charge in [0.05, 0.1) is 33.3 Å². The van der Waals surface area contributed by atoms with E-state index in [1.54, 1.807) is 0 Å². The van der Waals surface area contributed by atoms with Crippen molar-refractivity contribution in [3.8, 4) is 0 Å². The van der Waals surface area contributed by atoms with E-state index < -0.39 is 10.4 Å². The average molecular weight is 256 g/mol. The smallest absolute Gasteiger partial charge is 0.217 e. The first-order valence-corrected chi connectivity index (χ1v) is 6.71. The van der Waals surface area contributed by atoms with Crippen LogP contribution in [0, 0.1) is 0 Å². The van der Waals surface area contributed by atoms with Crippen molar-refractivity contribution in [1.29, 1.82) is 0 Å². The number of hydrogen-bond acceptors (Lipinski definition) is 5. The van der Waals surface area contributed by atoms with Gasteiger partial charge in [0.2, 0.25) is 10.4 Å². The molecule has 0 bridgehead atoms. The second-order valence-corrected chi connectivity index (χ2v) is 4.63. The van der Waals surface area contributed by atoms with Gasteiger partial charge in [-0.2, -0.15) is 0 Å². The average Bonchev–Trinajstić information content (AvgIpc) is 2.17. The Morgan fingerprint density at radius 2 is 1.69 bits per heavy atom. The Morgan fingerprint density at radius 3 is 1.75 bits per heavy atom. The van der Waals surface area contributed by atoms with E-state index >= 15 is 0 Å².